The third-order valence-electron chi connectivity index (χ3n) is 4.86. The van der Waals surface area contributed by atoms with Crippen LogP contribution in [-0.2, 0) is 11.2 Å². The molecule has 0 atom stereocenters. The Balaban J connectivity index is 1.67. The molecule has 1 saturated heterocycles. The average molecular weight is 379 g/mol. The van der Waals surface area contributed by atoms with E-state index >= 15 is 0 Å². The van der Waals surface area contributed by atoms with E-state index in [2.05, 4.69) is 0 Å². The molecule has 27 heavy (non-hydrogen) atoms. The number of aromatic carboxylic acids is 1. The molecule has 1 aromatic carbocycles. The van der Waals surface area contributed by atoms with Crippen LogP contribution < -0.4 is 0 Å². The van der Waals surface area contributed by atoms with Gasteiger partial charge in [0.05, 0.1) is 5.56 Å². The van der Waals surface area contributed by atoms with Crippen molar-refractivity contribution in [2.24, 2.45) is 5.92 Å². The highest BCUT2D eigenvalue weighted by atomic mass is 19.1. The molecule has 0 radical (unpaired) electrons. The van der Waals surface area contributed by atoms with Gasteiger partial charge in [0.25, 0.3) is 0 Å². The monoisotopic (exact) mass is 379 g/mol. The van der Waals surface area contributed by atoms with E-state index in [0.29, 0.717) is 5.92 Å². The molecular weight excluding hydrogens is 349 g/mol. The first-order chi connectivity index (χ1) is 12.7. The van der Waals surface area contributed by atoms with Gasteiger partial charge in [-0.15, -0.1) is 0 Å². The molecule has 1 aliphatic heterocycles. The van der Waals surface area contributed by atoms with Crippen molar-refractivity contribution in [1.29, 1.82) is 0 Å². The lowest BCUT2D eigenvalue weighted by atomic mass is 9.91. The van der Waals surface area contributed by atoms with E-state index in [0.717, 1.165) is 57.2 Å². The molecule has 1 N–H and O–H groups in total. The van der Waals surface area contributed by atoms with Gasteiger partial charge in [0, 0.05) is 13.1 Å². The predicted molar refractivity (Wildman–Crippen MR) is 101 cm³/mol. The fourth-order valence-corrected chi connectivity index (χ4v) is 3.38. The van der Waals surface area contributed by atoms with Crippen molar-refractivity contribution in [3.63, 3.8) is 0 Å². The molecule has 0 aromatic heterocycles. The van der Waals surface area contributed by atoms with Gasteiger partial charge in [-0.1, -0.05) is 18.9 Å². The molecular formula is C21H30FNO4. The van der Waals surface area contributed by atoms with Gasteiger partial charge >= 0.3 is 12.1 Å². The molecule has 1 aliphatic rings. The molecule has 6 heteroatoms. The number of rotatable bonds is 6. The highest BCUT2D eigenvalue weighted by molar-refractivity contribution is 5.87. The molecule has 0 unspecified atom stereocenters. The normalized spacial score (nSPS) is 15.6. The van der Waals surface area contributed by atoms with Crippen LogP contribution in [0.25, 0.3) is 0 Å². The van der Waals surface area contributed by atoms with E-state index < -0.39 is 17.4 Å². The molecule has 0 bridgehead atoms. The number of nitrogens with zero attached hydrogens (tertiary/aromatic N) is 1. The van der Waals surface area contributed by atoms with Crippen molar-refractivity contribution < 1.29 is 23.8 Å². The summed E-state index contributed by atoms with van der Waals surface area (Å²) in [5.41, 5.74) is 0.0866. The number of unbranched alkanes of at least 4 members (excludes halogenated alkanes) is 1. The van der Waals surface area contributed by atoms with Crippen molar-refractivity contribution >= 4 is 12.1 Å². The number of benzene rings is 1. The molecule has 1 aromatic rings. The summed E-state index contributed by atoms with van der Waals surface area (Å²) in [5.74, 6) is -1.30. The van der Waals surface area contributed by atoms with Gasteiger partial charge in [-0.25, -0.2) is 14.0 Å². The first-order valence-electron chi connectivity index (χ1n) is 9.65. The second kappa shape index (κ2) is 9.20. The zero-order valence-electron chi connectivity index (χ0n) is 16.5. The average Bonchev–Trinajstić information content (AvgIpc) is 2.57. The zero-order valence-corrected chi connectivity index (χ0v) is 16.5. The molecule has 1 heterocycles. The number of amides is 1. The minimum atomic E-state index is -1.24. The smallest absolute Gasteiger partial charge is 0.410 e. The van der Waals surface area contributed by atoms with Crippen LogP contribution in [0.15, 0.2) is 18.2 Å². The van der Waals surface area contributed by atoms with Gasteiger partial charge in [-0.3, -0.25) is 0 Å². The summed E-state index contributed by atoms with van der Waals surface area (Å²) >= 11 is 0. The van der Waals surface area contributed by atoms with Crippen LogP contribution in [0.4, 0.5) is 9.18 Å². The van der Waals surface area contributed by atoms with E-state index in [-0.39, 0.29) is 11.7 Å². The van der Waals surface area contributed by atoms with E-state index in [1.54, 1.807) is 11.0 Å². The predicted octanol–water partition coefficient (Wildman–Crippen LogP) is 4.88. The third-order valence-corrected chi connectivity index (χ3v) is 4.86. The lowest BCUT2D eigenvalue weighted by Gasteiger charge is -2.33. The van der Waals surface area contributed by atoms with Crippen LogP contribution in [0.3, 0.4) is 0 Å². The first-order valence-corrected chi connectivity index (χ1v) is 9.65. The Kier molecular flexibility index (Phi) is 7.22. The topological polar surface area (TPSA) is 66.8 Å². The highest BCUT2D eigenvalue weighted by Crippen LogP contribution is 2.24. The molecule has 1 amide bonds. The summed E-state index contributed by atoms with van der Waals surface area (Å²) < 4.78 is 19.1. The number of likely N-dealkylation sites (tertiary alicyclic amines) is 1. The number of halogens is 1. The Labute approximate surface area is 160 Å². The molecule has 5 nitrogen and oxygen atoms in total. The second-order valence-corrected chi connectivity index (χ2v) is 8.28. The first kappa shape index (κ1) is 21.2. The quantitative estimate of drug-likeness (QED) is 0.715. The number of carboxylic acids is 1. The van der Waals surface area contributed by atoms with Crippen molar-refractivity contribution in [3.8, 4) is 0 Å². The summed E-state index contributed by atoms with van der Waals surface area (Å²) in [6, 6.07) is 4.34. The van der Waals surface area contributed by atoms with Crippen LogP contribution in [-0.4, -0.2) is 40.8 Å². The lowest BCUT2D eigenvalue weighted by molar-refractivity contribution is 0.0180. The SMILES string of the molecule is CC(C)(C)OC(=O)N1CCC(CCCCc2ccc(C(=O)O)c(F)c2)CC1. The standard InChI is InChI=1S/C21H30FNO4/c1-21(2,3)27-20(26)23-12-10-15(11-13-23)6-4-5-7-16-8-9-17(19(24)25)18(22)14-16/h8-9,14-15H,4-7,10-13H2,1-3H3,(H,24,25). The van der Waals surface area contributed by atoms with E-state index in [1.807, 2.05) is 20.8 Å². The number of hydrogen-bond acceptors (Lipinski definition) is 3. The Hall–Kier alpha value is -2.11. The Bertz CT molecular complexity index is 661. The number of ether oxygens (including phenoxy) is 1. The van der Waals surface area contributed by atoms with Crippen molar-refractivity contribution in [2.45, 2.75) is 64.9 Å². The third kappa shape index (κ3) is 6.85. The van der Waals surface area contributed by atoms with Gasteiger partial charge in [0.2, 0.25) is 0 Å². The minimum Gasteiger partial charge on any atom is -0.478 e. The van der Waals surface area contributed by atoms with Gasteiger partial charge < -0.3 is 14.7 Å². The summed E-state index contributed by atoms with van der Waals surface area (Å²) in [7, 11) is 0. The number of piperidine rings is 1. The largest absolute Gasteiger partial charge is 0.478 e. The van der Waals surface area contributed by atoms with Crippen LogP contribution in [0.1, 0.15) is 68.8 Å². The maximum Gasteiger partial charge on any atom is 0.410 e. The number of carboxylic acid groups (broad SMARTS) is 1. The van der Waals surface area contributed by atoms with Crippen molar-refractivity contribution in [2.75, 3.05) is 13.1 Å². The summed E-state index contributed by atoms with van der Waals surface area (Å²) in [6.45, 7) is 7.10. The fraction of sp³-hybridized carbons (Fsp3) is 0.619. The van der Waals surface area contributed by atoms with E-state index in [1.165, 1.54) is 12.1 Å². The van der Waals surface area contributed by atoms with Gasteiger partial charge in [0.15, 0.2) is 0 Å². The fourth-order valence-electron chi connectivity index (χ4n) is 3.38. The van der Waals surface area contributed by atoms with E-state index in [9.17, 15) is 14.0 Å². The Morgan fingerprint density at radius 3 is 2.44 bits per heavy atom. The zero-order chi connectivity index (χ0) is 20.0. The molecule has 0 saturated carbocycles. The summed E-state index contributed by atoms with van der Waals surface area (Å²) in [5, 5.41) is 8.85. The highest BCUT2D eigenvalue weighted by Gasteiger charge is 2.26. The number of aryl methyl sites for hydroxylation is 1. The second-order valence-electron chi connectivity index (χ2n) is 8.28. The Morgan fingerprint density at radius 1 is 1.22 bits per heavy atom. The lowest BCUT2D eigenvalue weighted by Crippen LogP contribution is -2.41. The maximum atomic E-state index is 13.7. The number of hydrogen-bond donors (Lipinski definition) is 1. The van der Waals surface area contributed by atoms with Gasteiger partial charge in [0.1, 0.15) is 11.4 Å². The van der Waals surface area contributed by atoms with Crippen LogP contribution in [0, 0.1) is 11.7 Å². The summed E-state index contributed by atoms with van der Waals surface area (Å²) in [4.78, 5) is 24.7. The molecule has 0 aliphatic carbocycles. The molecule has 2 rings (SSSR count). The van der Waals surface area contributed by atoms with Crippen LogP contribution in [0.5, 0.6) is 0 Å². The van der Waals surface area contributed by atoms with Crippen molar-refractivity contribution in [3.05, 3.63) is 35.1 Å². The number of carbonyl (C=O) groups is 2. The van der Waals surface area contributed by atoms with Crippen LogP contribution >= 0.6 is 0 Å². The minimum absolute atomic E-state index is 0.229. The maximum absolute atomic E-state index is 13.7. The van der Waals surface area contributed by atoms with Crippen LogP contribution in [0.2, 0.25) is 0 Å². The Morgan fingerprint density at radius 2 is 1.89 bits per heavy atom. The molecule has 1 fully saturated rings. The summed E-state index contributed by atoms with van der Waals surface area (Å²) in [6.07, 6.45) is 5.57. The molecule has 150 valence electrons. The van der Waals surface area contributed by atoms with Gasteiger partial charge in [-0.05, 0) is 70.1 Å². The molecule has 0 spiro atoms. The van der Waals surface area contributed by atoms with Crippen molar-refractivity contribution in [1.82, 2.24) is 4.90 Å². The van der Waals surface area contributed by atoms with Gasteiger partial charge in [-0.2, -0.15) is 0 Å². The van der Waals surface area contributed by atoms with E-state index in [4.69, 9.17) is 9.84 Å². The number of carbonyl (C=O) groups excluding carboxylic acids is 1.